The minimum atomic E-state index is -0.180. The van der Waals surface area contributed by atoms with E-state index in [1.165, 1.54) is 11.8 Å². The molecule has 0 bridgehead atoms. The first-order valence-corrected chi connectivity index (χ1v) is 11.9. The van der Waals surface area contributed by atoms with Gasteiger partial charge in [-0.2, -0.15) is 0 Å². The van der Waals surface area contributed by atoms with E-state index in [2.05, 4.69) is 42.2 Å². The fraction of sp³-hybridized carbons (Fsp3) is 0.0833. The number of aryl methyl sites for hydroxylation is 1. The summed E-state index contributed by atoms with van der Waals surface area (Å²) in [6.45, 7) is 2.45. The maximum absolute atomic E-state index is 12.5. The highest BCUT2D eigenvalue weighted by Crippen LogP contribution is 2.37. The van der Waals surface area contributed by atoms with Crippen molar-refractivity contribution in [2.24, 2.45) is 4.99 Å². The summed E-state index contributed by atoms with van der Waals surface area (Å²) in [6.07, 6.45) is 1.83. The van der Waals surface area contributed by atoms with E-state index < -0.39 is 0 Å². The molecule has 1 heterocycles. The second-order valence-corrected chi connectivity index (χ2v) is 9.70. The van der Waals surface area contributed by atoms with E-state index in [9.17, 15) is 4.79 Å². The van der Waals surface area contributed by atoms with Gasteiger partial charge in [0.1, 0.15) is 12.4 Å². The monoisotopic (exact) mass is 556 g/mol. The number of rotatable bonds is 5. The van der Waals surface area contributed by atoms with Gasteiger partial charge in [0.05, 0.1) is 15.1 Å². The second kappa shape index (κ2) is 9.85. The van der Waals surface area contributed by atoms with Crippen molar-refractivity contribution < 1.29 is 9.53 Å². The molecule has 31 heavy (non-hydrogen) atoms. The van der Waals surface area contributed by atoms with Crippen LogP contribution >= 0.6 is 43.6 Å². The molecule has 1 N–H and O–H groups in total. The molecule has 4 nitrogen and oxygen atoms in total. The smallest absolute Gasteiger partial charge is 0.264 e. The van der Waals surface area contributed by atoms with Gasteiger partial charge in [0.15, 0.2) is 5.17 Å². The Labute approximate surface area is 202 Å². The molecule has 0 aromatic heterocycles. The summed E-state index contributed by atoms with van der Waals surface area (Å²) in [5.41, 5.74) is 3.82. The molecule has 0 saturated carbocycles. The molecule has 0 spiro atoms. The zero-order chi connectivity index (χ0) is 21.8. The third-order valence-corrected chi connectivity index (χ3v) is 6.42. The van der Waals surface area contributed by atoms with Crippen molar-refractivity contribution in [2.45, 2.75) is 13.5 Å². The molecule has 0 unspecified atom stereocenters. The van der Waals surface area contributed by atoms with Crippen molar-refractivity contribution in [3.63, 3.8) is 0 Å². The van der Waals surface area contributed by atoms with Crippen LogP contribution in [0.1, 0.15) is 16.7 Å². The molecule has 3 aromatic carbocycles. The van der Waals surface area contributed by atoms with E-state index in [-0.39, 0.29) is 5.91 Å². The number of halogens is 2. The molecule has 1 aliphatic rings. The number of amides is 1. The van der Waals surface area contributed by atoms with E-state index in [0.717, 1.165) is 31.3 Å². The van der Waals surface area contributed by atoms with Crippen molar-refractivity contribution in [1.82, 2.24) is 5.32 Å². The molecule has 1 fully saturated rings. The minimum absolute atomic E-state index is 0.180. The van der Waals surface area contributed by atoms with E-state index in [1.54, 1.807) is 0 Å². The predicted molar refractivity (Wildman–Crippen MR) is 135 cm³/mol. The molecule has 0 atom stereocenters. The topological polar surface area (TPSA) is 50.7 Å². The first-order chi connectivity index (χ1) is 15.0. The third-order valence-electron chi connectivity index (χ3n) is 4.47. The minimum Gasteiger partial charge on any atom is -0.487 e. The summed E-state index contributed by atoms with van der Waals surface area (Å²) < 4.78 is 7.80. The van der Waals surface area contributed by atoms with E-state index in [4.69, 9.17) is 4.74 Å². The summed E-state index contributed by atoms with van der Waals surface area (Å²) in [5, 5.41) is 3.39. The lowest BCUT2D eigenvalue weighted by atomic mass is 10.1. The lowest BCUT2D eigenvalue weighted by Gasteiger charge is -2.12. The van der Waals surface area contributed by atoms with E-state index in [0.29, 0.717) is 22.4 Å². The number of hydrogen-bond acceptors (Lipinski definition) is 4. The highest BCUT2D eigenvalue weighted by molar-refractivity contribution is 9.11. The Hall–Kier alpha value is -2.35. The van der Waals surface area contributed by atoms with Gasteiger partial charge in [0, 0.05) is 10.0 Å². The van der Waals surface area contributed by atoms with E-state index >= 15 is 0 Å². The molecule has 156 valence electrons. The third kappa shape index (κ3) is 5.67. The van der Waals surface area contributed by atoms with Crippen molar-refractivity contribution in [2.75, 3.05) is 0 Å². The fourth-order valence-electron chi connectivity index (χ4n) is 2.93. The lowest BCUT2D eigenvalue weighted by molar-refractivity contribution is -0.115. The number of nitrogens with zero attached hydrogens (tertiary/aromatic N) is 1. The second-order valence-electron chi connectivity index (χ2n) is 6.90. The van der Waals surface area contributed by atoms with Gasteiger partial charge in [-0.3, -0.25) is 4.79 Å². The summed E-state index contributed by atoms with van der Waals surface area (Å²) in [6, 6.07) is 21.7. The molecule has 7 heteroatoms. The zero-order valence-corrected chi connectivity index (χ0v) is 20.6. The van der Waals surface area contributed by atoms with Gasteiger partial charge in [-0.1, -0.05) is 64.0 Å². The van der Waals surface area contributed by atoms with Gasteiger partial charge >= 0.3 is 0 Å². The Balaban J connectivity index is 1.60. The van der Waals surface area contributed by atoms with Crippen molar-refractivity contribution >= 4 is 66.5 Å². The molecule has 4 rings (SSSR count). The Bertz CT molecular complexity index is 1180. The van der Waals surface area contributed by atoms with Crippen LogP contribution in [-0.4, -0.2) is 11.1 Å². The molecular formula is C24H18Br2N2O2S. The number of thioether (sulfide) groups is 1. The average Bonchev–Trinajstić information content (AvgIpc) is 3.08. The van der Waals surface area contributed by atoms with Crippen LogP contribution in [0.2, 0.25) is 0 Å². The number of hydrogen-bond donors (Lipinski definition) is 1. The lowest BCUT2D eigenvalue weighted by Crippen LogP contribution is -2.19. The molecule has 1 saturated heterocycles. The summed E-state index contributed by atoms with van der Waals surface area (Å²) in [7, 11) is 0. The standard InChI is InChI=1S/C24H18Br2N2O2S/c1-15-7-9-19(10-8-15)27-24-28-23(29)21(31-24)12-17-11-18(25)13-20(26)22(17)30-14-16-5-3-2-4-6-16/h2-13H,14H2,1H3,(H,27,28,29)/b21-12-. The molecule has 3 aromatic rings. The maximum atomic E-state index is 12.5. The van der Waals surface area contributed by atoms with E-state index in [1.807, 2.05) is 79.7 Å². The SMILES string of the molecule is Cc1ccc(N=C2NC(=O)/C(=C/c3cc(Br)cc(Br)c3OCc3ccccc3)S2)cc1. The van der Waals surface area contributed by atoms with Crippen LogP contribution in [0.25, 0.3) is 6.08 Å². The predicted octanol–water partition coefficient (Wildman–Crippen LogP) is 6.99. The highest BCUT2D eigenvalue weighted by atomic mass is 79.9. The molecule has 0 radical (unpaired) electrons. The fourth-order valence-corrected chi connectivity index (χ4v) is 5.13. The zero-order valence-electron chi connectivity index (χ0n) is 16.6. The Morgan fingerprint density at radius 2 is 1.81 bits per heavy atom. The van der Waals surface area contributed by atoms with Crippen LogP contribution in [0.4, 0.5) is 5.69 Å². The Morgan fingerprint density at radius 1 is 1.06 bits per heavy atom. The highest BCUT2D eigenvalue weighted by Gasteiger charge is 2.24. The van der Waals surface area contributed by atoms with Crippen LogP contribution in [0.5, 0.6) is 5.75 Å². The molecule has 1 amide bonds. The summed E-state index contributed by atoms with van der Waals surface area (Å²) in [4.78, 5) is 17.6. The van der Waals surface area contributed by atoms with Crippen molar-refractivity contribution in [3.8, 4) is 5.75 Å². The molecule has 0 aliphatic carbocycles. The Morgan fingerprint density at radius 3 is 2.55 bits per heavy atom. The summed E-state index contributed by atoms with van der Waals surface area (Å²) >= 11 is 8.42. The largest absolute Gasteiger partial charge is 0.487 e. The van der Waals surface area contributed by atoms with Crippen LogP contribution in [-0.2, 0) is 11.4 Å². The van der Waals surface area contributed by atoms with Gasteiger partial charge in [-0.25, -0.2) is 4.99 Å². The van der Waals surface area contributed by atoms with Crippen LogP contribution in [0.3, 0.4) is 0 Å². The first kappa shape index (κ1) is 21.9. The van der Waals surface area contributed by atoms with Crippen LogP contribution in [0.15, 0.2) is 85.6 Å². The molecule has 1 aliphatic heterocycles. The number of carbonyl (C=O) groups excluding carboxylic acids is 1. The number of ether oxygens (including phenoxy) is 1. The van der Waals surface area contributed by atoms with Crippen molar-refractivity contribution in [1.29, 1.82) is 0 Å². The number of nitrogens with one attached hydrogen (secondary N) is 1. The van der Waals surface area contributed by atoms with Crippen molar-refractivity contribution in [3.05, 3.63) is 97.3 Å². The van der Waals surface area contributed by atoms with Crippen LogP contribution < -0.4 is 10.1 Å². The van der Waals surface area contributed by atoms with Crippen LogP contribution in [0, 0.1) is 6.92 Å². The first-order valence-electron chi connectivity index (χ1n) is 9.50. The maximum Gasteiger partial charge on any atom is 0.264 e. The van der Waals surface area contributed by atoms with Gasteiger partial charge in [-0.15, -0.1) is 0 Å². The number of amidine groups is 1. The Kier molecular flexibility index (Phi) is 6.95. The van der Waals surface area contributed by atoms with Gasteiger partial charge in [0.2, 0.25) is 0 Å². The average molecular weight is 558 g/mol. The number of carbonyl (C=O) groups is 1. The number of aliphatic imine (C=N–C) groups is 1. The quantitative estimate of drug-likeness (QED) is 0.344. The van der Waals surface area contributed by atoms with Gasteiger partial charge in [0.25, 0.3) is 5.91 Å². The molecular weight excluding hydrogens is 540 g/mol. The summed E-state index contributed by atoms with van der Waals surface area (Å²) in [5.74, 6) is 0.498. The van der Waals surface area contributed by atoms with Gasteiger partial charge in [-0.05, 0) is 70.5 Å². The normalized spacial score (nSPS) is 16.0. The number of benzene rings is 3. The van der Waals surface area contributed by atoms with Gasteiger partial charge < -0.3 is 10.1 Å².